The van der Waals surface area contributed by atoms with Crippen LogP contribution >= 0.6 is 0 Å². The second-order valence-electron chi connectivity index (χ2n) is 7.77. The first-order valence-electron chi connectivity index (χ1n) is 7.42. The molecule has 0 aliphatic rings. The fourth-order valence-corrected chi connectivity index (χ4v) is 2.57. The molecule has 0 aromatic heterocycles. The molecule has 0 radical (unpaired) electrons. The topological polar surface area (TPSA) is 73.9 Å². The Kier molecular flexibility index (Phi) is 7.09. The van der Waals surface area contributed by atoms with Crippen LogP contribution < -0.4 is 5.32 Å². The lowest BCUT2D eigenvalue weighted by atomic mass is 10.2. The van der Waals surface area contributed by atoms with Crippen molar-refractivity contribution in [3.05, 3.63) is 0 Å². The summed E-state index contributed by atoms with van der Waals surface area (Å²) in [5.74, 6) is -0.499. The smallest absolute Gasteiger partial charge is 0.407 e. The van der Waals surface area contributed by atoms with Crippen molar-refractivity contribution >= 4 is 20.4 Å². The van der Waals surface area contributed by atoms with Crippen LogP contribution in [0.1, 0.15) is 41.5 Å². The van der Waals surface area contributed by atoms with E-state index in [-0.39, 0.29) is 11.6 Å². The van der Waals surface area contributed by atoms with Gasteiger partial charge in [-0.25, -0.2) is 9.59 Å². The molecule has 0 unspecified atom stereocenters. The quantitative estimate of drug-likeness (QED) is 0.618. The molecule has 0 bridgehead atoms. The van der Waals surface area contributed by atoms with Crippen LogP contribution in [0.3, 0.4) is 0 Å². The van der Waals surface area contributed by atoms with Crippen molar-refractivity contribution in [1.29, 1.82) is 0 Å². The summed E-state index contributed by atoms with van der Waals surface area (Å²) < 4.78 is 16.0. The highest BCUT2D eigenvalue weighted by Gasteiger charge is 2.41. The summed E-state index contributed by atoms with van der Waals surface area (Å²) in [6.07, 6.45) is -1.42. The number of rotatable bonds is 5. The zero-order chi connectivity index (χ0) is 17.8. The third kappa shape index (κ3) is 7.26. The molecule has 22 heavy (non-hydrogen) atoms. The van der Waals surface area contributed by atoms with E-state index in [0.29, 0.717) is 0 Å². The number of nitrogens with one attached hydrogen (secondary N) is 1. The van der Waals surface area contributed by atoms with Gasteiger partial charge < -0.3 is 19.2 Å². The average molecular weight is 334 g/mol. The Morgan fingerprint density at radius 2 is 1.59 bits per heavy atom. The van der Waals surface area contributed by atoms with Crippen LogP contribution in [0.25, 0.3) is 0 Å². The van der Waals surface area contributed by atoms with Crippen molar-refractivity contribution in [1.82, 2.24) is 5.32 Å². The van der Waals surface area contributed by atoms with Gasteiger partial charge in [-0.3, -0.25) is 0 Å². The van der Waals surface area contributed by atoms with Gasteiger partial charge in [0.25, 0.3) is 0 Å². The van der Waals surface area contributed by atoms with Crippen LogP contribution in [-0.2, 0) is 18.7 Å². The molecular formula is C15H31NO5Si. The third-order valence-electron chi connectivity index (χ3n) is 3.54. The van der Waals surface area contributed by atoms with Gasteiger partial charge in [0.05, 0.1) is 13.7 Å². The van der Waals surface area contributed by atoms with E-state index in [1.54, 1.807) is 20.8 Å². The Morgan fingerprint density at radius 3 is 1.95 bits per heavy atom. The van der Waals surface area contributed by atoms with E-state index in [1.807, 2.05) is 13.1 Å². The normalized spacial score (nSPS) is 14.2. The van der Waals surface area contributed by atoms with Crippen LogP contribution in [0.4, 0.5) is 4.79 Å². The van der Waals surface area contributed by atoms with Gasteiger partial charge in [-0.05, 0) is 38.9 Å². The highest BCUT2D eigenvalue weighted by Crippen LogP contribution is 2.37. The van der Waals surface area contributed by atoms with Gasteiger partial charge >= 0.3 is 12.1 Å². The first kappa shape index (κ1) is 20.9. The highest BCUT2D eigenvalue weighted by atomic mass is 28.4. The van der Waals surface area contributed by atoms with E-state index in [2.05, 4.69) is 26.1 Å². The molecule has 7 heteroatoms. The van der Waals surface area contributed by atoms with Gasteiger partial charge in [0.15, 0.2) is 14.4 Å². The minimum absolute atomic E-state index is 0.0219. The molecule has 130 valence electrons. The van der Waals surface area contributed by atoms with E-state index < -0.39 is 32.1 Å². The number of alkyl carbamates (subject to hydrolysis) is 1. The maximum Gasteiger partial charge on any atom is 0.407 e. The molecule has 6 nitrogen and oxygen atoms in total. The minimum atomic E-state index is -2.16. The van der Waals surface area contributed by atoms with Crippen LogP contribution in [0.5, 0.6) is 0 Å². The summed E-state index contributed by atoms with van der Waals surface area (Å²) >= 11 is 0. The van der Waals surface area contributed by atoms with Crippen molar-refractivity contribution in [2.24, 2.45) is 0 Å². The molecule has 1 atom stereocenters. The Balaban J connectivity index is 4.82. The van der Waals surface area contributed by atoms with E-state index in [4.69, 9.17) is 13.9 Å². The lowest BCUT2D eigenvalue weighted by Gasteiger charge is -2.38. The second kappa shape index (κ2) is 7.46. The standard InChI is InChI=1S/C15H31NO5Si/c1-14(2,3)20-13(18)16-10-11(12(17)19-7)21-22(8,9)15(4,5)6/h11H,10H2,1-9H3,(H,16,18)/t11-/m0/s1. The zero-order valence-corrected chi connectivity index (χ0v) is 16.3. The number of hydrogen-bond acceptors (Lipinski definition) is 5. The van der Waals surface area contributed by atoms with E-state index in [9.17, 15) is 9.59 Å². The summed E-state index contributed by atoms with van der Waals surface area (Å²) in [4.78, 5) is 23.6. The van der Waals surface area contributed by atoms with Crippen LogP contribution in [0.15, 0.2) is 0 Å². The highest BCUT2D eigenvalue weighted by molar-refractivity contribution is 6.74. The van der Waals surface area contributed by atoms with Crippen LogP contribution in [0, 0.1) is 0 Å². The number of ether oxygens (including phenoxy) is 2. The minimum Gasteiger partial charge on any atom is -0.467 e. The summed E-state index contributed by atoms with van der Waals surface area (Å²) in [7, 11) is -0.855. The van der Waals surface area contributed by atoms with Crippen LogP contribution in [0.2, 0.25) is 18.1 Å². The monoisotopic (exact) mass is 333 g/mol. The van der Waals surface area contributed by atoms with Gasteiger partial charge in [0.1, 0.15) is 5.60 Å². The molecule has 1 N–H and O–H groups in total. The fraction of sp³-hybridized carbons (Fsp3) is 0.867. The van der Waals surface area contributed by atoms with Crippen molar-refractivity contribution in [3.8, 4) is 0 Å². The van der Waals surface area contributed by atoms with Gasteiger partial charge in [0, 0.05) is 0 Å². The number of methoxy groups -OCH3 is 1. The number of hydrogen-bond donors (Lipinski definition) is 1. The van der Waals surface area contributed by atoms with Gasteiger partial charge in [-0.15, -0.1) is 0 Å². The molecule has 0 saturated heterocycles. The molecule has 1 amide bonds. The summed E-state index contributed by atoms with van der Waals surface area (Å²) in [6.45, 7) is 15.7. The number of carbonyl (C=O) groups excluding carboxylic acids is 2. The molecular weight excluding hydrogens is 302 g/mol. The van der Waals surface area contributed by atoms with Gasteiger partial charge in [-0.2, -0.15) is 0 Å². The van der Waals surface area contributed by atoms with E-state index in [0.717, 1.165) is 0 Å². The Hall–Kier alpha value is -1.08. The first-order chi connectivity index (χ1) is 9.69. The second-order valence-corrected chi connectivity index (χ2v) is 12.5. The summed E-state index contributed by atoms with van der Waals surface area (Å²) in [5, 5.41) is 2.51. The predicted molar refractivity (Wildman–Crippen MR) is 88.3 cm³/mol. The Morgan fingerprint density at radius 1 is 1.09 bits per heavy atom. The predicted octanol–water partition coefficient (Wildman–Crippen LogP) is 3.07. The van der Waals surface area contributed by atoms with Crippen molar-refractivity contribution < 1.29 is 23.5 Å². The third-order valence-corrected chi connectivity index (χ3v) is 8.02. The van der Waals surface area contributed by atoms with E-state index >= 15 is 0 Å². The maximum atomic E-state index is 11.9. The summed E-state index contributed by atoms with van der Waals surface area (Å²) in [6, 6.07) is 0. The Bertz CT molecular complexity index is 396. The molecule has 0 heterocycles. The molecule has 0 saturated carbocycles. The van der Waals surface area contributed by atoms with E-state index in [1.165, 1.54) is 7.11 Å². The molecule has 0 aliphatic heterocycles. The summed E-state index contributed by atoms with van der Waals surface area (Å²) in [5.41, 5.74) is -0.592. The van der Waals surface area contributed by atoms with Crippen molar-refractivity contribution in [3.63, 3.8) is 0 Å². The van der Waals surface area contributed by atoms with Gasteiger partial charge in [-0.1, -0.05) is 20.8 Å². The lowest BCUT2D eigenvalue weighted by molar-refractivity contribution is -0.149. The van der Waals surface area contributed by atoms with Gasteiger partial charge in [0.2, 0.25) is 0 Å². The molecule has 0 rings (SSSR count). The molecule has 0 aromatic carbocycles. The van der Waals surface area contributed by atoms with Crippen molar-refractivity contribution in [2.75, 3.05) is 13.7 Å². The zero-order valence-electron chi connectivity index (χ0n) is 15.3. The first-order valence-corrected chi connectivity index (χ1v) is 10.3. The van der Waals surface area contributed by atoms with Crippen LogP contribution in [-0.4, -0.2) is 45.7 Å². The largest absolute Gasteiger partial charge is 0.467 e. The number of esters is 1. The molecule has 0 aromatic rings. The Labute approximate surface area is 135 Å². The number of amides is 1. The number of carbonyl (C=O) groups is 2. The van der Waals surface area contributed by atoms with Crippen molar-refractivity contribution in [2.45, 2.75) is 71.4 Å². The fourth-order valence-electron chi connectivity index (χ4n) is 1.33. The maximum absolute atomic E-state index is 11.9. The lowest BCUT2D eigenvalue weighted by Crippen LogP contribution is -2.50. The SMILES string of the molecule is COC(=O)[C@H](CNC(=O)OC(C)(C)C)O[Si](C)(C)C(C)(C)C. The average Bonchev–Trinajstić information content (AvgIpc) is 2.29. The molecule has 0 fully saturated rings. The molecule has 0 spiro atoms. The molecule has 0 aliphatic carbocycles.